The Bertz CT molecular complexity index is 363. The van der Waals surface area contributed by atoms with Crippen molar-refractivity contribution in [2.24, 2.45) is 0 Å². The van der Waals surface area contributed by atoms with Crippen LogP contribution in [0.3, 0.4) is 0 Å². The van der Waals surface area contributed by atoms with Crippen molar-refractivity contribution in [3.63, 3.8) is 0 Å². The highest BCUT2D eigenvalue weighted by Gasteiger charge is 2.09. The van der Waals surface area contributed by atoms with Gasteiger partial charge in [0.25, 0.3) is 0 Å². The molecule has 0 bridgehead atoms. The van der Waals surface area contributed by atoms with Crippen LogP contribution in [-0.4, -0.2) is 0 Å². The van der Waals surface area contributed by atoms with Gasteiger partial charge in [-0.1, -0.05) is 29.8 Å². The van der Waals surface area contributed by atoms with E-state index in [9.17, 15) is 0 Å². The Kier molecular flexibility index (Phi) is 2.93. The smallest absolute Gasteiger partial charge is 0.0441 e. The van der Waals surface area contributed by atoms with Gasteiger partial charge in [-0.2, -0.15) is 0 Å². The Morgan fingerprint density at radius 3 is 2.79 bits per heavy atom. The maximum absolute atomic E-state index is 6.11. The zero-order valence-electron chi connectivity index (χ0n) is 8.52. The van der Waals surface area contributed by atoms with Crippen LogP contribution in [0.4, 0.5) is 0 Å². The molecule has 0 fully saturated rings. The van der Waals surface area contributed by atoms with Crippen LogP contribution in [0.5, 0.6) is 0 Å². The lowest BCUT2D eigenvalue weighted by Crippen LogP contribution is -1.94. The van der Waals surface area contributed by atoms with E-state index in [4.69, 9.17) is 11.6 Å². The monoisotopic (exact) mass is 206 g/mol. The molecule has 14 heavy (non-hydrogen) atoms. The third kappa shape index (κ3) is 1.85. The summed E-state index contributed by atoms with van der Waals surface area (Å²) in [7, 11) is 0. The van der Waals surface area contributed by atoms with Gasteiger partial charge in [-0.15, -0.1) is 0 Å². The summed E-state index contributed by atoms with van der Waals surface area (Å²) in [6.07, 6.45) is 7.45. The summed E-state index contributed by atoms with van der Waals surface area (Å²) in [6, 6.07) is 6.18. The standard InChI is InChI=1S/C13H15Cl/c1-10-12(8-5-9-13(10)14)11-6-3-2-4-7-11/h5-6,8-9H,2-4,7H2,1H3. The van der Waals surface area contributed by atoms with E-state index in [2.05, 4.69) is 19.1 Å². The summed E-state index contributed by atoms with van der Waals surface area (Å²) in [5, 5.41) is 0.883. The van der Waals surface area contributed by atoms with Crippen molar-refractivity contribution in [1.82, 2.24) is 0 Å². The van der Waals surface area contributed by atoms with Gasteiger partial charge < -0.3 is 0 Å². The van der Waals surface area contributed by atoms with Crippen LogP contribution in [0.1, 0.15) is 36.8 Å². The van der Waals surface area contributed by atoms with Gasteiger partial charge in [0, 0.05) is 5.02 Å². The molecule has 1 aliphatic carbocycles. The van der Waals surface area contributed by atoms with Crippen LogP contribution in [0.15, 0.2) is 24.3 Å². The molecule has 1 aromatic carbocycles. The van der Waals surface area contributed by atoms with E-state index in [1.54, 1.807) is 0 Å². The number of halogens is 1. The minimum Gasteiger partial charge on any atom is -0.0840 e. The lowest BCUT2D eigenvalue weighted by molar-refractivity contribution is 0.741. The van der Waals surface area contributed by atoms with Crippen molar-refractivity contribution in [2.45, 2.75) is 32.6 Å². The van der Waals surface area contributed by atoms with Crippen molar-refractivity contribution in [3.05, 3.63) is 40.4 Å². The Morgan fingerprint density at radius 1 is 1.21 bits per heavy atom. The minimum atomic E-state index is 0.883. The first-order valence-electron chi connectivity index (χ1n) is 5.23. The van der Waals surface area contributed by atoms with Crippen molar-refractivity contribution in [1.29, 1.82) is 0 Å². The molecule has 0 saturated heterocycles. The molecule has 0 spiro atoms. The molecule has 74 valence electrons. The first-order chi connectivity index (χ1) is 6.79. The van der Waals surface area contributed by atoms with Crippen molar-refractivity contribution >= 4 is 17.2 Å². The molecule has 0 aromatic heterocycles. The van der Waals surface area contributed by atoms with Crippen LogP contribution < -0.4 is 0 Å². The predicted octanol–water partition coefficient (Wildman–Crippen LogP) is 4.61. The second-order valence-electron chi connectivity index (χ2n) is 3.89. The summed E-state index contributed by atoms with van der Waals surface area (Å²) < 4.78 is 0. The topological polar surface area (TPSA) is 0 Å². The highest BCUT2D eigenvalue weighted by atomic mass is 35.5. The van der Waals surface area contributed by atoms with Gasteiger partial charge in [-0.05, 0) is 55.4 Å². The highest BCUT2D eigenvalue weighted by molar-refractivity contribution is 6.31. The lowest BCUT2D eigenvalue weighted by Gasteiger charge is -2.15. The number of allylic oxidation sites excluding steroid dienone is 2. The second-order valence-corrected chi connectivity index (χ2v) is 4.29. The quantitative estimate of drug-likeness (QED) is 0.630. The zero-order valence-corrected chi connectivity index (χ0v) is 9.27. The average Bonchev–Trinajstić information content (AvgIpc) is 2.23. The second kappa shape index (κ2) is 4.18. The molecule has 1 heteroatoms. The molecular formula is C13H15Cl. The Hall–Kier alpha value is -0.750. The van der Waals surface area contributed by atoms with E-state index >= 15 is 0 Å². The number of hydrogen-bond acceptors (Lipinski definition) is 0. The van der Waals surface area contributed by atoms with Crippen LogP contribution >= 0.6 is 11.6 Å². The summed E-state index contributed by atoms with van der Waals surface area (Å²) in [4.78, 5) is 0. The summed E-state index contributed by atoms with van der Waals surface area (Å²) in [5.74, 6) is 0. The third-order valence-corrected chi connectivity index (χ3v) is 3.31. The molecule has 0 aliphatic heterocycles. The van der Waals surface area contributed by atoms with Gasteiger partial charge >= 0.3 is 0 Å². The molecule has 1 aromatic rings. The van der Waals surface area contributed by atoms with Gasteiger partial charge in [0.2, 0.25) is 0 Å². The van der Waals surface area contributed by atoms with Crippen LogP contribution in [0.2, 0.25) is 5.02 Å². The SMILES string of the molecule is Cc1c(Cl)cccc1C1=CCCCC1. The molecule has 0 atom stereocenters. The van der Waals surface area contributed by atoms with Crippen molar-refractivity contribution in [3.8, 4) is 0 Å². The van der Waals surface area contributed by atoms with Gasteiger partial charge in [-0.3, -0.25) is 0 Å². The molecule has 0 nitrogen and oxygen atoms in total. The first-order valence-corrected chi connectivity index (χ1v) is 5.61. The molecule has 0 unspecified atom stereocenters. The summed E-state index contributed by atoms with van der Waals surface area (Å²) >= 11 is 6.11. The first kappa shape index (κ1) is 9.79. The Labute approximate surface area is 90.6 Å². The predicted molar refractivity (Wildman–Crippen MR) is 62.6 cm³/mol. The summed E-state index contributed by atoms with van der Waals surface area (Å²) in [6.45, 7) is 2.10. The van der Waals surface area contributed by atoms with E-state index in [1.807, 2.05) is 12.1 Å². The van der Waals surface area contributed by atoms with Gasteiger partial charge in [0.1, 0.15) is 0 Å². The van der Waals surface area contributed by atoms with E-state index in [0.717, 1.165) is 5.02 Å². The average molecular weight is 207 g/mol. The Morgan fingerprint density at radius 2 is 2.07 bits per heavy atom. The van der Waals surface area contributed by atoms with E-state index < -0.39 is 0 Å². The molecule has 0 N–H and O–H groups in total. The normalized spacial score (nSPS) is 16.6. The number of hydrogen-bond donors (Lipinski definition) is 0. The fraction of sp³-hybridized carbons (Fsp3) is 0.385. The molecule has 0 heterocycles. The Balaban J connectivity index is 2.40. The van der Waals surface area contributed by atoms with Crippen LogP contribution in [-0.2, 0) is 0 Å². The maximum atomic E-state index is 6.11. The number of rotatable bonds is 1. The molecule has 1 aliphatic rings. The van der Waals surface area contributed by atoms with Gasteiger partial charge in [0.15, 0.2) is 0 Å². The van der Waals surface area contributed by atoms with Gasteiger partial charge in [0.05, 0.1) is 0 Å². The van der Waals surface area contributed by atoms with E-state index in [1.165, 1.54) is 42.4 Å². The minimum absolute atomic E-state index is 0.883. The fourth-order valence-electron chi connectivity index (χ4n) is 2.04. The van der Waals surface area contributed by atoms with Crippen molar-refractivity contribution < 1.29 is 0 Å². The van der Waals surface area contributed by atoms with Gasteiger partial charge in [-0.25, -0.2) is 0 Å². The third-order valence-electron chi connectivity index (χ3n) is 2.90. The lowest BCUT2D eigenvalue weighted by atomic mass is 9.91. The van der Waals surface area contributed by atoms with E-state index in [-0.39, 0.29) is 0 Å². The molecule has 0 saturated carbocycles. The molecule has 2 rings (SSSR count). The summed E-state index contributed by atoms with van der Waals surface area (Å²) in [5.41, 5.74) is 4.05. The fourth-order valence-corrected chi connectivity index (χ4v) is 2.21. The largest absolute Gasteiger partial charge is 0.0840 e. The molecule has 0 amide bonds. The van der Waals surface area contributed by atoms with Crippen molar-refractivity contribution in [2.75, 3.05) is 0 Å². The van der Waals surface area contributed by atoms with Crippen LogP contribution in [0.25, 0.3) is 5.57 Å². The van der Waals surface area contributed by atoms with Crippen LogP contribution in [0, 0.1) is 6.92 Å². The molecule has 0 radical (unpaired) electrons. The molecular weight excluding hydrogens is 192 g/mol. The number of benzene rings is 1. The maximum Gasteiger partial charge on any atom is 0.0441 e. The zero-order chi connectivity index (χ0) is 9.97. The highest BCUT2D eigenvalue weighted by Crippen LogP contribution is 2.31. The van der Waals surface area contributed by atoms with E-state index in [0.29, 0.717) is 0 Å².